The molecule has 2 aromatic carbocycles. The first-order chi connectivity index (χ1) is 11.2. The minimum absolute atomic E-state index is 0.211. The van der Waals surface area contributed by atoms with Crippen LogP contribution in [0.15, 0.2) is 72.3 Å². The third-order valence-corrected chi connectivity index (χ3v) is 4.43. The fourth-order valence-electron chi connectivity index (χ4n) is 3.20. The van der Waals surface area contributed by atoms with Crippen molar-refractivity contribution < 1.29 is 0 Å². The standard InChI is InChI=1S/C21H23N2/c1-15-5-2-10-20(15)21(18-8-3-6-16(11-18)13-22)19-9-4-7-17(12-19)14-23/h2-12,21H,13-14,22-23H2,1H3. The molecule has 1 aliphatic rings. The van der Waals surface area contributed by atoms with E-state index in [1.54, 1.807) is 0 Å². The third-order valence-electron chi connectivity index (χ3n) is 4.43. The van der Waals surface area contributed by atoms with Crippen LogP contribution in [0.2, 0.25) is 0 Å². The maximum Gasteiger partial charge on any atom is 0.0341 e. The molecular weight excluding hydrogens is 280 g/mol. The Morgan fingerprint density at radius 3 is 1.87 bits per heavy atom. The molecule has 3 rings (SSSR count). The Morgan fingerprint density at radius 2 is 1.43 bits per heavy atom. The summed E-state index contributed by atoms with van der Waals surface area (Å²) in [6.45, 7) is 3.29. The van der Waals surface area contributed by atoms with Gasteiger partial charge >= 0.3 is 0 Å². The predicted molar refractivity (Wildman–Crippen MR) is 96.6 cm³/mol. The summed E-state index contributed by atoms with van der Waals surface area (Å²) in [5.41, 5.74) is 17.8. The zero-order valence-corrected chi connectivity index (χ0v) is 13.5. The van der Waals surface area contributed by atoms with Gasteiger partial charge in [0.05, 0.1) is 0 Å². The lowest BCUT2D eigenvalue weighted by Crippen LogP contribution is -2.12. The topological polar surface area (TPSA) is 52.0 Å². The molecule has 1 aliphatic carbocycles. The lowest BCUT2D eigenvalue weighted by Gasteiger charge is -2.25. The van der Waals surface area contributed by atoms with Gasteiger partial charge in [0.2, 0.25) is 0 Å². The van der Waals surface area contributed by atoms with E-state index < -0.39 is 0 Å². The molecule has 4 N–H and O–H groups in total. The van der Waals surface area contributed by atoms with Gasteiger partial charge < -0.3 is 11.5 Å². The molecule has 0 aromatic heterocycles. The molecule has 0 saturated carbocycles. The quantitative estimate of drug-likeness (QED) is 0.882. The molecule has 23 heavy (non-hydrogen) atoms. The van der Waals surface area contributed by atoms with Gasteiger partial charge in [0.1, 0.15) is 0 Å². The molecule has 0 bridgehead atoms. The van der Waals surface area contributed by atoms with Gasteiger partial charge in [-0.2, -0.15) is 0 Å². The second kappa shape index (κ2) is 6.95. The van der Waals surface area contributed by atoms with Crippen LogP contribution in [0.3, 0.4) is 0 Å². The first-order valence-electron chi connectivity index (χ1n) is 8.03. The van der Waals surface area contributed by atoms with Crippen LogP contribution in [0.1, 0.15) is 35.1 Å². The average Bonchev–Trinajstić information content (AvgIpc) is 3.01. The van der Waals surface area contributed by atoms with E-state index in [9.17, 15) is 0 Å². The lowest BCUT2D eigenvalue weighted by atomic mass is 9.78. The summed E-state index contributed by atoms with van der Waals surface area (Å²) >= 11 is 0. The summed E-state index contributed by atoms with van der Waals surface area (Å²) in [5.74, 6) is 1.55. The van der Waals surface area contributed by atoms with Gasteiger partial charge in [-0.3, -0.25) is 0 Å². The third kappa shape index (κ3) is 3.29. The molecule has 0 heterocycles. The van der Waals surface area contributed by atoms with E-state index >= 15 is 0 Å². The van der Waals surface area contributed by atoms with Crippen LogP contribution < -0.4 is 11.5 Å². The SMILES string of the molecule is CC1=CC=C[C]1C(c1cccc(CN)c1)c1cccc(CN)c1. The smallest absolute Gasteiger partial charge is 0.0341 e. The van der Waals surface area contributed by atoms with Crippen molar-refractivity contribution >= 4 is 0 Å². The van der Waals surface area contributed by atoms with Gasteiger partial charge in [-0.1, -0.05) is 72.3 Å². The van der Waals surface area contributed by atoms with Gasteiger partial charge in [-0.05, 0) is 29.2 Å². The highest BCUT2D eigenvalue weighted by atomic mass is 14.5. The molecular formula is C21H23N2. The molecule has 0 saturated heterocycles. The zero-order chi connectivity index (χ0) is 16.2. The Balaban J connectivity index is 2.09. The second-order valence-electron chi connectivity index (χ2n) is 6.00. The minimum Gasteiger partial charge on any atom is -0.326 e. The van der Waals surface area contributed by atoms with Crippen molar-refractivity contribution in [1.82, 2.24) is 0 Å². The van der Waals surface area contributed by atoms with Gasteiger partial charge in [-0.15, -0.1) is 0 Å². The predicted octanol–water partition coefficient (Wildman–Crippen LogP) is 3.83. The summed E-state index contributed by atoms with van der Waals surface area (Å²) in [7, 11) is 0. The van der Waals surface area contributed by atoms with Crippen LogP contribution >= 0.6 is 0 Å². The zero-order valence-electron chi connectivity index (χ0n) is 13.5. The van der Waals surface area contributed by atoms with Gasteiger partial charge in [0.25, 0.3) is 0 Å². The Bertz CT molecular complexity index is 696. The van der Waals surface area contributed by atoms with Crippen LogP contribution in [0.25, 0.3) is 0 Å². The highest BCUT2D eigenvalue weighted by Gasteiger charge is 2.27. The fraction of sp³-hybridized carbons (Fsp3) is 0.190. The second-order valence-corrected chi connectivity index (χ2v) is 6.00. The van der Waals surface area contributed by atoms with E-state index in [4.69, 9.17) is 11.5 Å². The normalized spacial score (nSPS) is 14.5. The molecule has 2 nitrogen and oxygen atoms in total. The Kier molecular flexibility index (Phi) is 4.75. The molecule has 0 aliphatic heterocycles. The number of hydrogen-bond donors (Lipinski definition) is 2. The van der Waals surface area contributed by atoms with Crippen molar-refractivity contribution in [2.45, 2.75) is 25.9 Å². The highest BCUT2D eigenvalue weighted by molar-refractivity contribution is 5.54. The van der Waals surface area contributed by atoms with E-state index in [1.807, 2.05) is 0 Å². The van der Waals surface area contributed by atoms with Crippen LogP contribution in [-0.4, -0.2) is 0 Å². The minimum atomic E-state index is 0.211. The van der Waals surface area contributed by atoms with E-state index in [0.717, 1.165) is 11.1 Å². The molecule has 2 heteroatoms. The summed E-state index contributed by atoms with van der Waals surface area (Å²) in [6.07, 6.45) is 6.50. The summed E-state index contributed by atoms with van der Waals surface area (Å²) in [4.78, 5) is 0. The molecule has 0 fully saturated rings. The van der Waals surface area contributed by atoms with E-state index in [1.165, 1.54) is 22.6 Å². The molecule has 0 spiro atoms. The average molecular weight is 303 g/mol. The maximum atomic E-state index is 5.84. The van der Waals surface area contributed by atoms with Gasteiger partial charge in [0, 0.05) is 24.9 Å². The Hall–Kier alpha value is -2.16. The molecule has 0 unspecified atom stereocenters. The van der Waals surface area contributed by atoms with E-state index in [-0.39, 0.29) is 5.92 Å². The number of benzene rings is 2. The van der Waals surface area contributed by atoms with Crippen molar-refractivity contribution in [3.63, 3.8) is 0 Å². The Labute approximate surface area is 138 Å². The maximum absolute atomic E-state index is 5.84. The number of rotatable bonds is 5. The molecule has 2 aromatic rings. The Morgan fingerprint density at radius 1 is 0.870 bits per heavy atom. The van der Waals surface area contributed by atoms with Crippen molar-refractivity contribution in [1.29, 1.82) is 0 Å². The number of allylic oxidation sites excluding steroid dienone is 4. The van der Waals surface area contributed by atoms with E-state index in [0.29, 0.717) is 13.1 Å². The van der Waals surface area contributed by atoms with Crippen LogP contribution in [0.5, 0.6) is 0 Å². The van der Waals surface area contributed by atoms with Crippen molar-refractivity contribution in [3.8, 4) is 0 Å². The first kappa shape index (κ1) is 15.7. The number of hydrogen-bond acceptors (Lipinski definition) is 2. The molecule has 117 valence electrons. The summed E-state index contributed by atoms with van der Waals surface area (Å²) in [5, 5.41) is 0. The van der Waals surface area contributed by atoms with Gasteiger partial charge in [0.15, 0.2) is 0 Å². The highest BCUT2D eigenvalue weighted by Crippen LogP contribution is 2.41. The van der Waals surface area contributed by atoms with Crippen LogP contribution in [0, 0.1) is 5.92 Å². The van der Waals surface area contributed by atoms with Crippen LogP contribution in [-0.2, 0) is 13.1 Å². The molecule has 1 radical (unpaired) electrons. The van der Waals surface area contributed by atoms with Gasteiger partial charge in [-0.25, -0.2) is 0 Å². The van der Waals surface area contributed by atoms with Crippen molar-refractivity contribution in [2.24, 2.45) is 11.5 Å². The van der Waals surface area contributed by atoms with Crippen molar-refractivity contribution in [3.05, 3.63) is 101 Å². The lowest BCUT2D eigenvalue weighted by molar-refractivity contribution is 0.872. The number of nitrogens with two attached hydrogens (primary N) is 2. The van der Waals surface area contributed by atoms with Crippen LogP contribution in [0.4, 0.5) is 0 Å². The largest absolute Gasteiger partial charge is 0.326 e. The van der Waals surface area contributed by atoms with E-state index in [2.05, 4.69) is 73.7 Å². The molecule has 0 amide bonds. The first-order valence-corrected chi connectivity index (χ1v) is 8.03. The van der Waals surface area contributed by atoms with Crippen molar-refractivity contribution in [2.75, 3.05) is 0 Å². The fourth-order valence-corrected chi connectivity index (χ4v) is 3.20. The summed E-state index contributed by atoms with van der Waals surface area (Å²) < 4.78 is 0. The monoisotopic (exact) mass is 303 g/mol. The molecule has 0 atom stereocenters. The summed E-state index contributed by atoms with van der Waals surface area (Å²) in [6, 6.07) is 17.1.